The maximum Gasteiger partial charge on any atom is 0.573 e. The summed E-state index contributed by atoms with van der Waals surface area (Å²) in [6.45, 7) is 1.80. The number of phenolic OH excluding ortho intramolecular Hbond substituents is 1. The molecule has 1 spiro atoms. The number of benzene rings is 2. The lowest BCUT2D eigenvalue weighted by Gasteiger charge is -2.64. The summed E-state index contributed by atoms with van der Waals surface area (Å²) in [5, 5.41) is 23.4. The monoisotopic (exact) mass is 570 g/mol. The first kappa shape index (κ1) is 26.6. The van der Waals surface area contributed by atoms with Gasteiger partial charge < -0.3 is 24.6 Å². The Morgan fingerprint density at radius 3 is 2.78 bits per heavy atom. The molecule has 0 aromatic heterocycles. The van der Waals surface area contributed by atoms with Crippen molar-refractivity contribution in [3.63, 3.8) is 0 Å². The van der Waals surface area contributed by atoms with E-state index in [2.05, 4.69) is 9.64 Å². The topological polar surface area (TPSA) is 82.5 Å². The fourth-order valence-corrected chi connectivity index (χ4v) is 8.12. The van der Waals surface area contributed by atoms with Gasteiger partial charge in [-0.25, -0.2) is 0 Å². The number of piperidine rings is 1. The Labute approximate surface area is 236 Å². The molecule has 1 saturated heterocycles. The lowest BCUT2D eigenvalue weighted by molar-refractivity contribution is -0.274. The number of likely N-dealkylation sites (N-methyl/N-ethyl adjacent to an activating group) is 1. The average molecular weight is 571 g/mol. The van der Waals surface area contributed by atoms with Crippen LogP contribution in [0.25, 0.3) is 6.08 Å². The maximum absolute atomic E-state index is 13.4. The van der Waals surface area contributed by atoms with Crippen molar-refractivity contribution in [3.8, 4) is 17.2 Å². The van der Waals surface area contributed by atoms with Crippen LogP contribution in [-0.4, -0.2) is 76.2 Å². The van der Waals surface area contributed by atoms with Gasteiger partial charge in [0, 0.05) is 31.3 Å². The Balaban J connectivity index is 1.18. The molecule has 10 heteroatoms. The highest BCUT2D eigenvalue weighted by Crippen LogP contribution is 2.66. The van der Waals surface area contributed by atoms with E-state index in [0.717, 1.165) is 24.2 Å². The highest BCUT2D eigenvalue weighted by molar-refractivity contribution is 5.92. The van der Waals surface area contributed by atoms with Gasteiger partial charge in [-0.1, -0.05) is 18.2 Å². The summed E-state index contributed by atoms with van der Waals surface area (Å²) in [4.78, 5) is 17.5. The second-order valence-corrected chi connectivity index (χ2v) is 12.3. The highest BCUT2D eigenvalue weighted by atomic mass is 19.4. The van der Waals surface area contributed by atoms with Gasteiger partial charge >= 0.3 is 6.36 Å². The van der Waals surface area contributed by atoms with Crippen molar-refractivity contribution < 1.29 is 37.7 Å². The normalized spacial score (nSPS) is 32.0. The summed E-state index contributed by atoms with van der Waals surface area (Å²) in [5.74, 6) is 0.458. The Morgan fingerprint density at radius 1 is 1.22 bits per heavy atom. The zero-order valence-electron chi connectivity index (χ0n) is 22.7. The van der Waals surface area contributed by atoms with Crippen LogP contribution in [0.5, 0.6) is 17.2 Å². The summed E-state index contributed by atoms with van der Waals surface area (Å²) in [6, 6.07) is 8.62. The summed E-state index contributed by atoms with van der Waals surface area (Å²) < 4.78 is 48.4. The molecule has 0 radical (unpaired) electrons. The molecule has 2 saturated carbocycles. The number of nitrogens with zero attached hydrogens (tertiary/aromatic N) is 2. The molecule has 3 aliphatic carbocycles. The number of halogens is 3. The van der Waals surface area contributed by atoms with E-state index in [-0.39, 0.29) is 29.5 Å². The van der Waals surface area contributed by atoms with E-state index in [0.29, 0.717) is 42.9 Å². The molecule has 3 fully saturated rings. The molecule has 218 valence electrons. The van der Waals surface area contributed by atoms with Crippen molar-refractivity contribution in [3.05, 3.63) is 59.2 Å². The second-order valence-electron chi connectivity index (χ2n) is 12.3. The molecule has 5 atom stereocenters. The van der Waals surface area contributed by atoms with E-state index in [1.54, 1.807) is 24.1 Å². The van der Waals surface area contributed by atoms with Gasteiger partial charge in [-0.15, -0.1) is 13.2 Å². The van der Waals surface area contributed by atoms with E-state index >= 15 is 0 Å². The number of likely N-dealkylation sites (tertiary alicyclic amines) is 1. The summed E-state index contributed by atoms with van der Waals surface area (Å²) in [6.07, 6.45) is 2.29. The first-order chi connectivity index (χ1) is 19.5. The number of hydrogen-bond donors (Lipinski definition) is 2. The van der Waals surface area contributed by atoms with Crippen LogP contribution in [0.3, 0.4) is 0 Å². The number of amides is 1. The minimum Gasteiger partial charge on any atom is -0.504 e. The number of alkyl halides is 3. The molecule has 2 aliphatic heterocycles. The van der Waals surface area contributed by atoms with Gasteiger partial charge in [-0.05, 0) is 86.4 Å². The van der Waals surface area contributed by atoms with Gasteiger partial charge in [0.15, 0.2) is 11.5 Å². The third-order valence-corrected chi connectivity index (χ3v) is 10.1. The van der Waals surface area contributed by atoms with Crippen LogP contribution < -0.4 is 9.47 Å². The smallest absolute Gasteiger partial charge is 0.504 e. The fourth-order valence-electron chi connectivity index (χ4n) is 8.12. The molecule has 2 aromatic carbocycles. The van der Waals surface area contributed by atoms with Crippen LogP contribution in [0.4, 0.5) is 13.2 Å². The molecule has 2 heterocycles. The number of phenols is 1. The number of hydrogen-bond acceptors (Lipinski definition) is 6. The molecule has 2 unspecified atom stereocenters. The average Bonchev–Trinajstić information content (AvgIpc) is 3.66. The molecule has 7 nitrogen and oxygen atoms in total. The van der Waals surface area contributed by atoms with Crippen molar-refractivity contribution in [2.24, 2.45) is 5.92 Å². The Morgan fingerprint density at radius 2 is 2.02 bits per heavy atom. The maximum atomic E-state index is 13.4. The van der Waals surface area contributed by atoms with Crippen LogP contribution >= 0.6 is 0 Å². The number of carbonyl (C=O) groups excluding carboxylic acids is 1. The molecular formula is C31H33F3N2O5. The Kier molecular flexibility index (Phi) is 5.93. The zero-order valence-corrected chi connectivity index (χ0v) is 22.7. The predicted molar refractivity (Wildman–Crippen MR) is 144 cm³/mol. The van der Waals surface area contributed by atoms with Gasteiger partial charge in [0.1, 0.15) is 11.9 Å². The van der Waals surface area contributed by atoms with Gasteiger partial charge in [-0.3, -0.25) is 9.69 Å². The molecule has 1 amide bonds. The second kappa shape index (κ2) is 9.13. The molecule has 7 rings (SSSR count). The number of aliphatic hydroxyl groups is 1. The molecule has 2 aromatic rings. The molecule has 2 bridgehead atoms. The van der Waals surface area contributed by atoms with Crippen LogP contribution in [0.2, 0.25) is 0 Å². The lowest BCUT2D eigenvalue weighted by atomic mass is 9.48. The number of ether oxygens (including phenoxy) is 2. The van der Waals surface area contributed by atoms with Crippen molar-refractivity contribution in [1.29, 1.82) is 0 Å². The SMILES string of the molecule is CN(C(=O)/C=C/c1cccc(OC(F)(F)F)c1)C1CC[C@@]2(O)[C@H]3Cc4ccc(O)c5c4[C@@]2(CCN3CC2CC2)C1O5. The Hall–Kier alpha value is -3.24. The van der Waals surface area contributed by atoms with Crippen LogP contribution in [0.1, 0.15) is 48.8 Å². The zero-order chi connectivity index (χ0) is 28.7. The van der Waals surface area contributed by atoms with Gasteiger partial charge in [0.2, 0.25) is 5.91 Å². The standard InChI is InChI=1S/C31H33F3N2O5/c1-35(25(38)10-7-18-3-2-4-21(15-18)41-31(32,33)34)22-11-12-30(39)24-16-20-8-9-23(37)27-26(20)29(30,28(22)40-27)13-14-36(24)17-19-5-6-19/h2-4,7-10,15,19,22,24,28,37,39H,5-6,11-14,16-17H2,1H3/b10-7+/t22?,24-,28?,29+,30-/m1/s1. The van der Waals surface area contributed by atoms with Crippen LogP contribution in [-0.2, 0) is 16.6 Å². The first-order valence-electron chi connectivity index (χ1n) is 14.3. The molecule has 5 aliphatic rings. The lowest BCUT2D eigenvalue weighted by Crippen LogP contribution is -2.78. The summed E-state index contributed by atoms with van der Waals surface area (Å²) in [7, 11) is 1.69. The third-order valence-electron chi connectivity index (χ3n) is 10.1. The Bertz CT molecular complexity index is 1420. The van der Waals surface area contributed by atoms with Gasteiger partial charge in [0.25, 0.3) is 0 Å². The molecule has 41 heavy (non-hydrogen) atoms. The number of carbonyl (C=O) groups is 1. The fraction of sp³-hybridized carbons (Fsp3) is 0.516. The molecule has 2 N–H and O–H groups in total. The van der Waals surface area contributed by atoms with E-state index in [4.69, 9.17) is 4.74 Å². The van der Waals surface area contributed by atoms with E-state index in [1.165, 1.54) is 43.2 Å². The minimum atomic E-state index is -4.81. The van der Waals surface area contributed by atoms with Crippen molar-refractivity contribution in [2.45, 2.75) is 74.1 Å². The van der Waals surface area contributed by atoms with E-state index < -0.39 is 23.5 Å². The predicted octanol–water partition coefficient (Wildman–Crippen LogP) is 4.40. The van der Waals surface area contributed by atoms with Gasteiger partial charge in [0.05, 0.1) is 17.1 Å². The number of rotatable bonds is 6. The largest absolute Gasteiger partial charge is 0.573 e. The van der Waals surface area contributed by atoms with Crippen molar-refractivity contribution in [2.75, 3.05) is 20.1 Å². The number of aromatic hydroxyl groups is 1. The molecular weight excluding hydrogens is 537 g/mol. The highest BCUT2D eigenvalue weighted by Gasteiger charge is 2.73. The van der Waals surface area contributed by atoms with Crippen LogP contribution in [0.15, 0.2) is 42.5 Å². The van der Waals surface area contributed by atoms with Gasteiger partial charge in [-0.2, -0.15) is 0 Å². The van der Waals surface area contributed by atoms with E-state index in [1.807, 2.05) is 6.07 Å². The third kappa shape index (κ3) is 4.13. The van der Waals surface area contributed by atoms with E-state index in [9.17, 15) is 28.2 Å². The van der Waals surface area contributed by atoms with Crippen LogP contribution in [0, 0.1) is 5.92 Å². The summed E-state index contributed by atoms with van der Waals surface area (Å²) >= 11 is 0. The van der Waals surface area contributed by atoms with Crippen molar-refractivity contribution in [1.82, 2.24) is 9.80 Å². The van der Waals surface area contributed by atoms with Crippen molar-refractivity contribution >= 4 is 12.0 Å². The first-order valence-corrected chi connectivity index (χ1v) is 14.3. The minimum absolute atomic E-state index is 0.0438. The summed E-state index contributed by atoms with van der Waals surface area (Å²) in [5.41, 5.74) is 0.582. The quantitative estimate of drug-likeness (QED) is 0.502.